The number of carboxylic acid groups (broad SMARTS) is 1. The van der Waals surface area contributed by atoms with Gasteiger partial charge >= 0.3 is 6.09 Å². The predicted molar refractivity (Wildman–Crippen MR) is 61.0 cm³/mol. The van der Waals surface area contributed by atoms with E-state index in [0.717, 1.165) is 18.4 Å². The minimum Gasteiger partial charge on any atom is -0.465 e. The number of rotatable bonds is 3. The minimum atomic E-state index is -1.04. The van der Waals surface area contributed by atoms with E-state index >= 15 is 0 Å². The fourth-order valence-corrected chi connectivity index (χ4v) is 2.04. The molecule has 0 saturated heterocycles. The van der Waals surface area contributed by atoms with E-state index in [9.17, 15) is 9.18 Å². The highest BCUT2D eigenvalue weighted by Gasteiger charge is 2.44. The Balaban J connectivity index is 2.16. The Morgan fingerprint density at radius 2 is 2.25 bits per heavy atom. The summed E-state index contributed by atoms with van der Waals surface area (Å²) in [6, 6.07) is 4.97. The van der Waals surface area contributed by atoms with Gasteiger partial charge in [-0.25, -0.2) is 9.18 Å². The van der Waals surface area contributed by atoms with Crippen LogP contribution >= 0.6 is 15.9 Å². The first-order chi connectivity index (χ1) is 7.53. The molecule has 2 N–H and O–H groups in total. The summed E-state index contributed by atoms with van der Waals surface area (Å²) in [5, 5.41) is 10.9. The molecule has 1 aromatic carbocycles. The Bertz CT molecular complexity index is 432. The Labute approximate surface area is 101 Å². The van der Waals surface area contributed by atoms with E-state index in [2.05, 4.69) is 21.2 Å². The van der Waals surface area contributed by atoms with Gasteiger partial charge in [0.25, 0.3) is 0 Å². The summed E-state index contributed by atoms with van der Waals surface area (Å²) in [5.41, 5.74) is 0.668. The summed E-state index contributed by atoms with van der Waals surface area (Å²) < 4.78 is 13.8. The summed E-state index contributed by atoms with van der Waals surface area (Å²) in [6.45, 7) is 0.351. The molecule has 0 heterocycles. The first-order valence-corrected chi connectivity index (χ1v) is 5.75. The monoisotopic (exact) mass is 287 g/mol. The minimum absolute atomic E-state index is 0.195. The van der Waals surface area contributed by atoms with Crippen LogP contribution < -0.4 is 5.32 Å². The van der Waals surface area contributed by atoms with Crippen LogP contribution in [0.3, 0.4) is 0 Å². The Hall–Kier alpha value is -1.10. The Kier molecular flexibility index (Phi) is 2.88. The lowest BCUT2D eigenvalue weighted by Gasteiger charge is -2.15. The number of nitrogens with one attached hydrogen (secondary N) is 1. The average Bonchev–Trinajstić information content (AvgIpc) is 3.00. The second kappa shape index (κ2) is 4.05. The topological polar surface area (TPSA) is 49.3 Å². The molecule has 1 saturated carbocycles. The molecule has 1 amide bonds. The lowest BCUT2D eigenvalue weighted by molar-refractivity contribution is 0.193. The van der Waals surface area contributed by atoms with Gasteiger partial charge in [-0.1, -0.05) is 6.07 Å². The average molecular weight is 288 g/mol. The van der Waals surface area contributed by atoms with E-state index in [-0.39, 0.29) is 11.2 Å². The zero-order chi connectivity index (χ0) is 11.8. The van der Waals surface area contributed by atoms with Crippen LogP contribution in [0.2, 0.25) is 0 Å². The first kappa shape index (κ1) is 11.4. The van der Waals surface area contributed by atoms with Gasteiger partial charge in [0.2, 0.25) is 0 Å². The third-order valence-electron chi connectivity index (χ3n) is 2.96. The van der Waals surface area contributed by atoms with Crippen molar-refractivity contribution >= 4 is 22.0 Å². The predicted octanol–water partition coefficient (Wildman–Crippen LogP) is 2.89. The highest BCUT2D eigenvalue weighted by molar-refractivity contribution is 9.10. The van der Waals surface area contributed by atoms with Crippen molar-refractivity contribution < 1.29 is 14.3 Å². The van der Waals surface area contributed by atoms with Gasteiger partial charge in [0.15, 0.2) is 0 Å². The van der Waals surface area contributed by atoms with E-state index in [1.807, 2.05) is 6.07 Å². The molecule has 1 aromatic rings. The molecule has 1 fully saturated rings. The van der Waals surface area contributed by atoms with Crippen molar-refractivity contribution in [3.63, 3.8) is 0 Å². The van der Waals surface area contributed by atoms with E-state index < -0.39 is 6.09 Å². The fourth-order valence-electron chi connectivity index (χ4n) is 1.79. The molecule has 86 valence electrons. The van der Waals surface area contributed by atoms with E-state index in [4.69, 9.17) is 5.11 Å². The molecule has 0 spiro atoms. The maximum Gasteiger partial charge on any atom is 0.404 e. The number of hydrogen-bond donors (Lipinski definition) is 2. The van der Waals surface area contributed by atoms with Crippen LogP contribution in [0.25, 0.3) is 0 Å². The van der Waals surface area contributed by atoms with Gasteiger partial charge in [0.1, 0.15) is 5.82 Å². The number of benzene rings is 1. The number of carbonyl (C=O) groups is 1. The van der Waals surface area contributed by atoms with Crippen molar-refractivity contribution in [3.8, 4) is 0 Å². The molecule has 2 rings (SSSR count). The van der Waals surface area contributed by atoms with Crippen molar-refractivity contribution in [2.45, 2.75) is 18.3 Å². The second-order valence-electron chi connectivity index (χ2n) is 4.07. The first-order valence-electron chi connectivity index (χ1n) is 4.96. The third-order valence-corrected chi connectivity index (χ3v) is 3.61. The summed E-state index contributed by atoms with van der Waals surface area (Å²) in [7, 11) is 0. The van der Waals surface area contributed by atoms with Crippen LogP contribution in [0.4, 0.5) is 9.18 Å². The molecular formula is C11H11BrFNO2. The van der Waals surface area contributed by atoms with E-state index in [1.54, 1.807) is 6.07 Å². The van der Waals surface area contributed by atoms with Gasteiger partial charge in [0.05, 0.1) is 4.47 Å². The summed E-state index contributed by atoms with van der Waals surface area (Å²) in [6.07, 6.45) is 0.756. The van der Waals surface area contributed by atoms with Crippen molar-refractivity contribution in [3.05, 3.63) is 34.1 Å². The number of amides is 1. The molecule has 0 atom stereocenters. The third kappa shape index (κ3) is 2.19. The molecule has 0 aliphatic heterocycles. The normalized spacial score (nSPS) is 16.9. The van der Waals surface area contributed by atoms with Crippen LogP contribution in [-0.4, -0.2) is 17.7 Å². The standard InChI is InChI=1S/C11H11BrFNO2/c12-8-2-1-7(5-9(8)13)11(3-4-11)6-14-10(15)16/h1-2,5,14H,3-4,6H2,(H,15,16). The van der Waals surface area contributed by atoms with Gasteiger partial charge in [-0.2, -0.15) is 0 Å². The van der Waals surface area contributed by atoms with Crippen LogP contribution in [0, 0.1) is 5.82 Å². The van der Waals surface area contributed by atoms with Crippen molar-refractivity contribution in [2.75, 3.05) is 6.54 Å². The highest BCUT2D eigenvalue weighted by atomic mass is 79.9. The van der Waals surface area contributed by atoms with Gasteiger partial charge in [-0.3, -0.25) is 0 Å². The lowest BCUT2D eigenvalue weighted by Crippen LogP contribution is -2.30. The molecule has 0 unspecified atom stereocenters. The van der Waals surface area contributed by atoms with Crippen molar-refractivity contribution in [1.29, 1.82) is 0 Å². The van der Waals surface area contributed by atoms with E-state index in [1.165, 1.54) is 6.07 Å². The van der Waals surface area contributed by atoms with Crippen LogP contribution in [-0.2, 0) is 5.41 Å². The van der Waals surface area contributed by atoms with Gasteiger partial charge < -0.3 is 10.4 Å². The molecule has 0 aromatic heterocycles. The zero-order valence-corrected chi connectivity index (χ0v) is 10.1. The second-order valence-corrected chi connectivity index (χ2v) is 4.92. The van der Waals surface area contributed by atoms with Gasteiger partial charge in [-0.15, -0.1) is 0 Å². The molecule has 16 heavy (non-hydrogen) atoms. The molecule has 1 aliphatic rings. The zero-order valence-electron chi connectivity index (χ0n) is 8.46. The fraction of sp³-hybridized carbons (Fsp3) is 0.364. The SMILES string of the molecule is O=C(O)NCC1(c2ccc(Br)c(F)c2)CC1. The number of hydrogen-bond acceptors (Lipinski definition) is 1. The summed E-state index contributed by atoms with van der Waals surface area (Å²) in [5.74, 6) is -0.306. The molecule has 0 radical (unpaired) electrons. The van der Waals surface area contributed by atoms with Crippen molar-refractivity contribution in [2.24, 2.45) is 0 Å². The highest BCUT2D eigenvalue weighted by Crippen LogP contribution is 2.48. The quantitative estimate of drug-likeness (QED) is 0.898. The summed E-state index contributed by atoms with van der Waals surface area (Å²) in [4.78, 5) is 10.4. The van der Waals surface area contributed by atoms with Crippen LogP contribution in [0.5, 0.6) is 0 Å². The molecular weight excluding hydrogens is 277 g/mol. The number of halogens is 2. The molecule has 3 nitrogen and oxygen atoms in total. The largest absolute Gasteiger partial charge is 0.465 e. The lowest BCUT2D eigenvalue weighted by atomic mass is 9.96. The van der Waals surface area contributed by atoms with E-state index in [0.29, 0.717) is 11.0 Å². The Morgan fingerprint density at radius 3 is 2.75 bits per heavy atom. The maximum atomic E-state index is 13.4. The van der Waals surface area contributed by atoms with Crippen molar-refractivity contribution in [1.82, 2.24) is 5.32 Å². The summed E-state index contributed by atoms with van der Waals surface area (Å²) >= 11 is 3.09. The smallest absolute Gasteiger partial charge is 0.404 e. The maximum absolute atomic E-state index is 13.4. The molecule has 1 aliphatic carbocycles. The molecule has 5 heteroatoms. The molecule has 0 bridgehead atoms. The van der Waals surface area contributed by atoms with Gasteiger partial charge in [0, 0.05) is 12.0 Å². The van der Waals surface area contributed by atoms with Crippen LogP contribution in [0.1, 0.15) is 18.4 Å². The van der Waals surface area contributed by atoms with Crippen LogP contribution in [0.15, 0.2) is 22.7 Å². The van der Waals surface area contributed by atoms with Gasteiger partial charge in [-0.05, 0) is 46.5 Å². The Morgan fingerprint density at radius 1 is 1.56 bits per heavy atom.